The Bertz CT molecular complexity index is 590. The number of halogens is 1. The van der Waals surface area contributed by atoms with Gasteiger partial charge in [0.05, 0.1) is 18.5 Å². The van der Waals surface area contributed by atoms with Crippen molar-refractivity contribution in [3.05, 3.63) is 30.1 Å². The standard InChI is InChI=1S/C18H29FN4O2/c1-6-21-17(23-12-18(3,4)16(24)20-5)22-11-13(2)25-15-10-8-7-9-14(15)19/h7-10,13H,6,11-12H2,1-5H3,(H,20,24)(H2,21,22,23). The molecule has 0 radical (unpaired) electrons. The number of ether oxygens (including phenoxy) is 1. The summed E-state index contributed by atoms with van der Waals surface area (Å²) in [5, 5.41) is 8.91. The molecule has 1 aromatic rings. The molecule has 1 atom stereocenters. The van der Waals surface area contributed by atoms with E-state index >= 15 is 0 Å². The zero-order valence-electron chi connectivity index (χ0n) is 15.6. The summed E-state index contributed by atoms with van der Waals surface area (Å²) in [6.07, 6.45) is -0.257. The molecule has 0 heterocycles. The van der Waals surface area contributed by atoms with E-state index in [0.29, 0.717) is 25.6 Å². The van der Waals surface area contributed by atoms with Crippen molar-refractivity contribution in [1.82, 2.24) is 16.0 Å². The second-order valence-electron chi connectivity index (χ2n) is 6.40. The maximum Gasteiger partial charge on any atom is 0.227 e. The molecule has 0 aliphatic carbocycles. The lowest BCUT2D eigenvalue weighted by Gasteiger charge is -2.22. The van der Waals surface area contributed by atoms with Crippen molar-refractivity contribution >= 4 is 11.9 Å². The second-order valence-corrected chi connectivity index (χ2v) is 6.40. The van der Waals surface area contributed by atoms with Crippen molar-refractivity contribution < 1.29 is 13.9 Å². The molecule has 1 aromatic carbocycles. The third kappa shape index (κ3) is 6.99. The first-order chi connectivity index (χ1) is 11.8. The minimum atomic E-state index is -0.605. The van der Waals surface area contributed by atoms with E-state index in [2.05, 4.69) is 20.9 Å². The molecule has 0 bridgehead atoms. The number of nitrogens with one attached hydrogen (secondary N) is 3. The van der Waals surface area contributed by atoms with Crippen LogP contribution in [0.3, 0.4) is 0 Å². The number of hydrogen-bond donors (Lipinski definition) is 3. The molecule has 0 aromatic heterocycles. The molecule has 0 spiro atoms. The minimum absolute atomic E-state index is 0.0663. The molecule has 0 aliphatic rings. The molecule has 0 aliphatic heterocycles. The Balaban J connectivity index is 2.61. The molecule has 3 N–H and O–H groups in total. The summed E-state index contributed by atoms with van der Waals surface area (Å²) in [6, 6.07) is 6.30. The van der Waals surface area contributed by atoms with Crippen LogP contribution in [-0.2, 0) is 4.79 Å². The van der Waals surface area contributed by atoms with Gasteiger partial charge in [-0.15, -0.1) is 0 Å². The summed E-state index contributed by atoms with van der Waals surface area (Å²) < 4.78 is 19.2. The fraction of sp³-hybridized carbons (Fsp3) is 0.556. The molecule has 7 heteroatoms. The van der Waals surface area contributed by atoms with Crippen molar-refractivity contribution in [1.29, 1.82) is 0 Å². The van der Waals surface area contributed by atoms with Gasteiger partial charge in [-0.1, -0.05) is 12.1 Å². The topological polar surface area (TPSA) is 74.8 Å². The predicted octanol–water partition coefficient (Wildman–Crippen LogP) is 1.92. The van der Waals surface area contributed by atoms with Gasteiger partial charge in [-0.2, -0.15) is 0 Å². The lowest BCUT2D eigenvalue weighted by Crippen LogP contribution is -2.43. The Kier molecular flexibility index (Phi) is 8.18. The van der Waals surface area contributed by atoms with Crippen molar-refractivity contribution in [2.75, 3.05) is 26.7 Å². The summed E-state index contributed by atoms with van der Waals surface area (Å²) in [7, 11) is 1.61. The number of hydrogen-bond acceptors (Lipinski definition) is 3. The average Bonchev–Trinajstić information content (AvgIpc) is 2.58. The Morgan fingerprint density at radius 3 is 2.60 bits per heavy atom. The molecule has 6 nitrogen and oxygen atoms in total. The molecule has 1 rings (SSSR count). The van der Waals surface area contributed by atoms with Gasteiger partial charge in [0.15, 0.2) is 17.5 Å². The molecular weight excluding hydrogens is 323 g/mol. The van der Waals surface area contributed by atoms with Crippen LogP contribution in [0, 0.1) is 11.2 Å². The average molecular weight is 352 g/mol. The summed E-state index contributed by atoms with van der Waals surface area (Å²) in [6.45, 7) is 8.95. The molecule has 0 saturated heterocycles. The van der Waals surface area contributed by atoms with Gasteiger partial charge < -0.3 is 20.7 Å². The van der Waals surface area contributed by atoms with Gasteiger partial charge in [0.25, 0.3) is 0 Å². The molecule has 25 heavy (non-hydrogen) atoms. The van der Waals surface area contributed by atoms with Crippen molar-refractivity contribution in [3.63, 3.8) is 0 Å². The monoisotopic (exact) mass is 352 g/mol. The molecule has 1 unspecified atom stereocenters. The summed E-state index contributed by atoms with van der Waals surface area (Å²) >= 11 is 0. The first kappa shape index (κ1) is 20.7. The number of amides is 1. The van der Waals surface area contributed by atoms with Crippen LogP contribution >= 0.6 is 0 Å². The summed E-state index contributed by atoms with van der Waals surface area (Å²) in [5.74, 6) is 0.355. The Morgan fingerprint density at radius 1 is 1.32 bits per heavy atom. The van der Waals surface area contributed by atoms with Crippen LogP contribution in [0.1, 0.15) is 27.7 Å². The van der Waals surface area contributed by atoms with E-state index in [1.807, 2.05) is 27.7 Å². The van der Waals surface area contributed by atoms with Crippen LogP contribution < -0.4 is 20.7 Å². The van der Waals surface area contributed by atoms with Gasteiger partial charge in [-0.3, -0.25) is 9.79 Å². The highest BCUT2D eigenvalue weighted by atomic mass is 19.1. The first-order valence-electron chi connectivity index (χ1n) is 8.45. The number of rotatable bonds is 8. The Morgan fingerprint density at radius 2 is 2.00 bits per heavy atom. The number of carbonyl (C=O) groups excluding carboxylic acids is 1. The lowest BCUT2D eigenvalue weighted by molar-refractivity contribution is -0.128. The van der Waals surface area contributed by atoms with Gasteiger partial charge in [0, 0.05) is 13.6 Å². The van der Waals surface area contributed by atoms with Gasteiger partial charge in [0.1, 0.15) is 6.10 Å². The van der Waals surface area contributed by atoms with Crippen LogP contribution in [0.25, 0.3) is 0 Å². The fourth-order valence-electron chi connectivity index (χ4n) is 2.07. The number of nitrogens with zero attached hydrogens (tertiary/aromatic N) is 1. The van der Waals surface area contributed by atoms with Gasteiger partial charge >= 0.3 is 0 Å². The van der Waals surface area contributed by atoms with E-state index in [-0.39, 0.29) is 23.6 Å². The Hall–Kier alpha value is -2.31. The van der Waals surface area contributed by atoms with E-state index in [0.717, 1.165) is 0 Å². The van der Waals surface area contributed by atoms with Crippen molar-refractivity contribution in [3.8, 4) is 5.75 Å². The van der Waals surface area contributed by atoms with Crippen LogP contribution in [0.5, 0.6) is 5.75 Å². The normalized spacial score (nSPS) is 13.1. The quantitative estimate of drug-likeness (QED) is 0.494. The Labute approximate surface area is 149 Å². The van der Waals surface area contributed by atoms with Gasteiger partial charge in [-0.25, -0.2) is 4.39 Å². The zero-order valence-corrected chi connectivity index (χ0v) is 15.6. The molecule has 1 amide bonds. The fourth-order valence-corrected chi connectivity index (χ4v) is 2.07. The smallest absolute Gasteiger partial charge is 0.227 e. The van der Waals surface area contributed by atoms with E-state index in [9.17, 15) is 9.18 Å². The molecule has 0 fully saturated rings. The third-order valence-electron chi connectivity index (χ3n) is 3.54. The number of para-hydroxylation sites is 1. The zero-order chi connectivity index (χ0) is 18.9. The SMILES string of the molecule is CCNC(=NCC(C)(C)C(=O)NC)NCC(C)Oc1ccccc1F. The number of guanidine groups is 1. The van der Waals surface area contributed by atoms with Gasteiger partial charge in [0.2, 0.25) is 5.91 Å². The highest BCUT2D eigenvalue weighted by Gasteiger charge is 2.26. The van der Waals surface area contributed by atoms with Gasteiger partial charge in [-0.05, 0) is 39.8 Å². The summed E-state index contributed by atoms with van der Waals surface area (Å²) in [4.78, 5) is 16.3. The van der Waals surface area contributed by atoms with E-state index in [4.69, 9.17) is 4.74 Å². The predicted molar refractivity (Wildman–Crippen MR) is 98.3 cm³/mol. The maximum absolute atomic E-state index is 13.6. The minimum Gasteiger partial charge on any atom is -0.486 e. The highest BCUT2D eigenvalue weighted by molar-refractivity contribution is 5.83. The van der Waals surface area contributed by atoms with Crippen molar-refractivity contribution in [2.24, 2.45) is 10.4 Å². The van der Waals surface area contributed by atoms with Crippen LogP contribution in [0.4, 0.5) is 4.39 Å². The largest absolute Gasteiger partial charge is 0.486 e. The molecule has 0 saturated carbocycles. The molecule has 140 valence electrons. The van der Waals surface area contributed by atoms with Crippen LogP contribution in [0.2, 0.25) is 0 Å². The van der Waals surface area contributed by atoms with E-state index in [1.54, 1.807) is 25.2 Å². The van der Waals surface area contributed by atoms with E-state index < -0.39 is 5.41 Å². The highest BCUT2D eigenvalue weighted by Crippen LogP contribution is 2.17. The molecular formula is C18H29FN4O2. The number of aliphatic imine (C=N–C) groups is 1. The first-order valence-corrected chi connectivity index (χ1v) is 8.45. The third-order valence-corrected chi connectivity index (χ3v) is 3.54. The number of carbonyl (C=O) groups is 1. The van der Waals surface area contributed by atoms with Crippen LogP contribution in [-0.4, -0.2) is 44.7 Å². The van der Waals surface area contributed by atoms with Crippen LogP contribution in [0.15, 0.2) is 29.3 Å². The maximum atomic E-state index is 13.6. The van der Waals surface area contributed by atoms with E-state index in [1.165, 1.54) is 6.07 Å². The summed E-state index contributed by atoms with van der Waals surface area (Å²) in [5.41, 5.74) is -0.605. The second kappa shape index (κ2) is 9.86. The lowest BCUT2D eigenvalue weighted by atomic mass is 9.93. The van der Waals surface area contributed by atoms with Crippen molar-refractivity contribution in [2.45, 2.75) is 33.8 Å². The number of benzene rings is 1.